The molecule has 1 atom stereocenters. The van der Waals surface area contributed by atoms with E-state index in [0.29, 0.717) is 12.4 Å². The van der Waals surface area contributed by atoms with Crippen LogP contribution in [0.25, 0.3) is 0 Å². The predicted molar refractivity (Wildman–Crippen MR) is 111 cm³/mol. The first kappa shape index (κ1) is 22.9. The average Bonchev–Trinajstić information content (AvgIpc) is 2.52. The van der Waals surface area contributed by atoms with Gasteiger partial charge >= 0.3 is 5.97 Å². The Morgan fingerprint density at radius 2 is 1.61 bits per heavy atom. The first-order chi connectivity index (χ1) is 12.8. The monoisotopic (exact) mass is 391 g/mol. The van der Waals surface area contributed by atoms with Crippen LogP contribution < -0.4 is 4.74 Å². The molecule has 1 aliphatic heterocycles. The number of carbonyl (C=O) groups is 1. The number of esters is 1. The van der Waals surface area contributed by atoms with E-state index in [9.17, 15) is 4.79 Å². The molecule has 5 heteroatoms. The highest BCUT2D eigenvalue weighted by atomic mass is 16.7. The van der Waals surface area contributed by atoms with Crippen molar-refractivity contribution in [3.8, 4) is 5.75 Å². The largest absolute Gasteiger partial charge is 0.427 e. The van der Waals surface area contributed by atoms with Crippen molar-refractivity contribution in [2.75, 3.05) is 6.61 Å². The van der Waals surface area contributed by atoms with E-state index in [1.807, 2.05) is 32.9 Å². The summed E-state index contributed by atoms with van der Waals surface area (Å²) in [6.45, 7) is 16.9. The van der Waals surface area contributed by atoms with Gasteiger partial charge in [0.2, 0.25) is 0 Å². The lowest BCUT2D eigenvalue weighted by molar-refractivity contribution is -0.315. The van der Waals surface area contributed by atoms with Gasteiger partial charge < -0.3 is 9.47 Å². The molecule has 1 aromatic rings. The summed E-state index contributed by atoms with van der Waals surface area (Å²) in [5, 5.41) is 2.17. The standard InChI is InChI=1S/C23H37NO4/c1-17(25)27-19-12-10-18(11-13-19)20(16-26-21(2,3)4)28-24-22(5,6)14-9-15-23(24,7)8/h10-13,20H,9,14-16H2,1-8H3. The van der Waals surface area contributed by atoms with Crippen molar-refractivity contribution in [1.82, 2.24) is 5.06 Å². The van der Waals surface area contributed by atoms with Crippen LogP contribution >= 0.6 is 0 Å². The van der Waals surface area contributed by atoms with E-state index in [4.69, 9.17) is 14.3 Å². The zero-order valence-corrected chi connectivity index (χ0v) is 18.8. The van der Waals surface area contributed by atoms with Crippen molar-refractivity contribution in [2.24, 2.45) is 0 Å². The summed E-state index contributed by atoms with van der Waals surface area (Å²) in [5.74, 6) is 0.207. The quantitative estimate of drug-likeness (QED) is 0.477. The molecule has 28 heavy (non-hydrogen) atoms. The molecule has 1 heterocycles. The fourth-order valence-electron chi connectivity index (χ4n) is 3.82. The molecule has 0 spiro atoms. The summed E-state index contributed by atoms with van der Waals surface area (Å²) in [5.41, 5.74) is 0.628. The molecule has 0 N–H and O–H groups in total. The van der Waals surface area contributed by atoms with E-state index < -0.39 is 0 Å². The van der Waals surface area contributed by atoms with E-state index in [1.165, 1.54) is 13.3 Å². The minimum absolute atomic E-state index is 0.0561. The van der Waals surface area contributed by atoms with Gasteiger partial charge in [-0.05, 0) is 85.4 Å². The Hall–Kier alpha value is -1.43. The Kier molecular flexibility index (Phi) is 6.95. The van der Waals surface area contributed by atoms with Crippen molar-refractivity contribution in [2.45, 2.75) is 97.4 Å². The number of hydrogen-bond acceptors (Lipinski definition) is 5. The fourth-order valence-corrected chi connectivity index (χ4v) is 3.82. The molecule has 0 aliphatic carbocycles. The van der Waals surface area contributed by atoms with Crippen LogP contribution in [0.3, 0.4) is 0 Å². The van der Waals surface area contributed by atoms with Crippen LogP contribution in [0.15, 0.2) is 24.3 Å². The minimum atomic E-state index is -0.326. The summed E-state index contributed by atoms with van der Waals surface area (Å²) in [7, 11) is 0. The van der Waals surface area contributed by atoms with Crippen LogP contribution in [0, 0.1) is 0 Å². The van der Waals surface area contributed by atoms with Gasteiger partial charge in [0.25, 0.3) is 0 Å². The number of piperidine rings is 1. The van der Waals surface area contributed by atoms with Crippen molar-refractivity contribution in [1.29, 1.82) is 0 Å². The Morgan fingerprint density at radius 3 is 2.07 bits per heavy atom. The van der Waals surface area contributed by atoms with Crippen molar-refractivity contribution < 1.29 is 19.1 Å². The average molecular weight is 392 g/mol. The molecule has 2 rings (SSSR count). The lowest BCUT2D eigenvalue weighted by Gasteiger charge is -2.52. The van der Waals surface area contributed by atoms with E-state index in [-0.39, 0.29) is 28.8 Å². The molecular formula is C23H37NO4. The summed E-state index contributed by atoms with van der Waals surface area (Å²) < 4.78 is 11.2. The number of hydrogen-bond donors (Lipinski definition) is 0. The molecular weight excluding hydrogens is 354 g/mol. The highest BCUT2D eigenvalue weighted by molar-refractivity contribution is 5.69. The van der Waals surface area contributed by atoms with Gasteiger partial charge in [-0.3, -0.25) is 9.63 Å². The number of carbonyl (C=O) groups excluding carboxylic acids is 1. The lowest BCUT2D eigenvalue weighted by Crippen LogP contribution is -2.58. The van der Waals surface area contributed by atoms with Crippen LogP contribution in [0.1, 0.15) is 86.3 Å². The van der Waals surface area contributed by atoms with Gasteiger partial charge in [-0.25, -0.2) is 0 Å². The summed E-state index contributed by atoms with van der Waals surface area (Å²) in [6.07, 6.45) is 3.13. The van der Waals surface area contributed by atoms with Crippen molar-refractivity contribution >= 4 is 5.97 Å². The lowest BCUT2D eigenvalue weighted by atomic mass is 9.82. The van der Waals surface area contributed by atoms with Gasteiger partial charge in [0.1, 0.15) is 11.9 Å². The van der Waals surface area contributed by atoms with E-state index in [1.54, 1.807) is 12.1 Å². The van der Waals surface area contributed by atoms with Crippen LogP contribution in [-0.2, 0) is 14.4 Å². The van der Waals surface area contributed by atoms with Gasteiger partial charge in [-0.1, -0.05) is 12.1 Å². The minimum Gasteiger partial charge on any atom is -0.427 e. The zero-order valence-electron chi connectivity index (χ0n) is 18.8. The first-order valence-electron chi connectivity index (χ1n) is 10.2. The van der Waals surface area contributed by atoms with Gasteiger partial charge in [0.15, 0.2) is 0 Å². The number of rotatable bonds is 6. The van der Waals surface area contributed by atoms with E-state index in [0.717, 1.165) is 18.4 Å². The van der Waals surface area contributed by atoms with Crippen LogP contribution in [0.4, 0.5) is 0 Å². The SMILES string of the molecule is CC(=O)Oc1ccc(C(COC(C)(C)C)ON2C(C)(C)CCCC2(C)C)cc1. The highest BCUT2D eigenvalue weighted by Crippen LogP contribution is 2.40. The first-order valence-corrected chi connectivity index (χ1v) is 10.2. The number of hydroxylamine groups is 2. The third-order valence-electron chi connectivity index (χ3n) is 5.09. The van der Waals surface area contributed by atoms with Gasteiger partial charge in [0, 0.05) is 18.0 Å². The van der Waals surface area contributed by atoms with Crippen LogP contribution in [-0.4, -0.2) is 34.3 Å². The molecule has 1 aliphatic rings. The maximum Gasteiger partial charge on any atom is 0.308 e. The Balaban J connectivity index is 2.27. The molecule has 0 bridgehead atoms. The molecule has 158 valence electrons. The Labute approximate surface area is 170 Å². The fraction of sp³-hybridized carbons (Fsp3) is 0.696. The highest BCUT2D eigenvalue weighted by Gasteiger charge is 2.44. The second-order valence-electron chi connectivity index (χ2n) is 9.95. The van der Waals surface area contributed by atoms with E-state index in [2.05, 4.69) is 32.8 Å². The molecule has 0 amide bonds. The molecule has 1 saturated heterocycles. The third-order valence-corrected chi connectivity index (χ3v) is 5.09. The third kappa shape index (κ3) is 6.29. The molecule has 0 saturated carbocycles. The topological polar surface area (TPSA) is 48.0 Å². The van der Waals surface area contributed by atoms with Crippen molar-refractivity contribution in [3.05, 3.63) is 29.8 Å². The summed E-state index contributed by atoms with van der Waals surface area (Å²) in [4.78, 5) is 17.8. The van der Waals surface area contributed by atoms with Gasteiger partial charge in [-0.15, -0.1) is 0 Å². The number of benzene rings is 1. The molecule has 0 radical (unpaired) electrons. The number of nitrogens with zero attached hydrogens (tertiary/aromatic N) is 1. The van der Waals surface area contributed by atoms with Crippen LogP contribution in [0.5, 0.6) is 5.75 Å². The Morgan fingerprint density at radius 1 is 1.07 bits per heavy atom. The molecule has 1 aromatic carbocycles. The predicted octanol–water partition coefficient (Wildman–Crippen LogP) is 5.44. The smallest absolute Gasteiger partial charge is 0.308 e. The second-order valence-corrected chi connectivity index (χ2v) is 9.95. The van der Waals surface area contributed by atoms with Crippen LogP contribution in [0.2, 0.25) is 0 Å². The van der Waals surface area contributed by atoms with Crippen molar-refractivity contribution in [3.63, 3.8) is 0 Å². The maximum absolute atomic E-state index is 11.2. The van der Waals surface area contributed by atoms with Gasteiger partial charge in [-0.2, -0.15) is 5.06 Å². The Bertz CT molecular complexity index is 642. The van der Waals surface area contributed by atoms with Gasteiger partial charge in [0.05, 0.1) is 12.2 Å². The number of ether oxygens (including phenoxy) is 2. The molecule has 5 nitrogen and oxygen atoms in total. The maximum atomic E-state index is 11.2. The molecule has 1 unspecified atom stereocenters. The summed E-state index contributed by atoms with van der Waals surface area (Å²) in [6, 6.07) is 7.49. The van der Waals surface area contributed by atoms with E-state index >= 15 is 0 Å². The normalized spacial score (nSPS) is 20.6. The second kappa shape index (κ2) is 8.52. The summed E-state index contributed by atoms with van der Waals surface area (Å²) >= 11 is 0. The molecule has 1 fully saturated rings. The molecule has 0 aromatic heterocycles. The zero-order chi connectivity index (χ0) is 21.2.